The molecule has 33 heavy (non-hydrogen) atoms. The molecule has 1 aliphatic heterocycles. The van der Waals surface area contributed by atoms with Crippen molar-refractivity contribution < 1.29 is 9.13 Å². The number of hydrogen-bond donors (Lipinski definition) is 2. The summed E-state index contributed by atoms with van der Waals surface area (Å²) in [4.78, 5) is 15.5. The lowest BCUT2D eigenvalue weighted by Gasteiger charge is -2.19. The van der Waals surface area contributed by atoms with Crippen molar-refractivity contribution in [2.24, 2.45) is 0 Å². The Bertz CT molecular complexity index is 1530. The highest BCUT2D eigenvalue weighted by Crippen LogP contribution is 2.42. The van der Waals surface area contributed by atoms with Gasteiger partial charge < -0.3 is 14.7 Å². The third kappa shape index (κ3) is 3.21. The highest BCUT2D eigenvalue weighted by atomic mass is 19.1. The minimum atomic E-state index is -0.281. The Labute approximate surface area is 190 Å². The second-order valence-corrected chi connectivity index (χ2v) is 8.85. The van der Waals surface area contributed by atoms with Gasteiger partial charge in [-0.3, -0.25) is 0 Å². The number of H-pyrrole nitrogens is 2. The van der Waals surface area contributed by atoms with Crippen molar-refractivity contribution in [2.75, 3.05) is 0 Å². The summed E-state index contributed by atoms with van der Waals surface area (Å²) in [6.45, 7) is 6.57. The van der Waals surface area contributed by atoms with Gasteiger partial charge in [-0.1, -0.05) is 38.1 Å². The number of aromatic amines is 2. The van der Waals surface area contributed by atoms with Crippen LogP contribution in [0.5, 0.6) is 5.75 Å². The van der Waals surface area contributed by atoms with E-state index in [1.54, 1.807) is 18.3 Å². The van der Waals surface area contributed by atoms with Crippen molar-refractivity contribution in [1.29, 1.82) is 0 Å². The largest absolute Gasteiger partial charge is 0.486 e. The van der Waals surface area contributed by atoms with Crippen molar-refractivity contribution >= 4 is 10.8 Å². The smallest absolute Gasteiger partial charge is 0.137 e. The zero-order chi connectivity index (χ0) is 22.7. The van der Waals surface area contributed by atoms with Crippen molar-refractivity contribution in [3.05, 3.63) is 77.9 Å². The van der Waals surface area contributed by atoms with Crippen molar-refractivity contribution in [3.63, 3.8) is 0 Å². The van der Waals surface area contributed by atoms with Crippen LogP contribution in [0.1, 0.15) is 37.1 Å². The number of ether oxygens (including phenoxy) is 1. The van der Waals surface area contributed by atoms with E-state index in [4.69, 9.17) is 9.72 Å². The van der Waals surface area contributed by atoms with Crippen LogP contribution < -0.4 is 4.74 Å². The normalized spacial score (nSPS) is 12.6. The van der Waals surface area contributed by atoms with Gasteiger partial charge >= 0.3 is 0 Å². The number of rotatable bonds is 3. The second kappa shape index (κ2) is 7.30. The Morgan fingerprint density at radius 3 is 2.52 bits per heavy atom. The Hall–Kier alpha value is -3.93. The molecular weight excluding hydrogens is 415 g/mol. The zero-order valence-electron chi connectivity index (χ0n) is 18.7. The van der Waals surface area contributed by atoms with Gasteiger partial charge in [0.15, 0.2) is 0 Å². The van der Waals surface area contributed by atoms with Gasteiger partial charge in [0.2, 0.25) is 0 Å². The molecule has 0 bridgehead atoms. The van der Waals surface area contributed by atoms with E-state index in [0.717, 1.165) is 56.2 Å². The van der Waals surface area contributed by atoms with Crippen molar-refractivity contribution in [3.8, 4) is 39.4 Å². The van der Waals surface area contributed by atoms with E-state index in [1.807, 2.05) is 19.1 Å². The van der Waals surface area contributed by atoms with E-state index >= 15 is 0 Å². The lowest BCUT2D eigenvalue weighted by atomic mass is 9.96. The first kappa shape index (κ1) is 19.7. The van der Waals surface area contributed by atoms with Gasteiger partial charge in [-0.2, -0.15) is 0 Å². The van der Waals surface area contributed by atoms with Gasteiger partial charge in [0.25, 0.3) is 0 Å². The third-order valence-corrected chi connectivity index (χ3v) is 6.23. The molecule has 0 fully saturated rings. The standard InChI is InChI=1S/C27H23FN4O/c1-14(2)27-31-24-13-33-26-19-7-4-16(10-18(19)6-9-21(26)25(24)32-27)17-5-8-20(22(28)11-17)23-12-29-15(3)30-23/h4-12,14H,13H2,1-3H3,(H,29,30)(H,31,32). The number of halogens is 1. The van der Waals surface area contributed by atoms with Crippen LogP contribution in [-0.2, 0) is 6.61 Å². The molecule has 0 amide bonds. The molecule has 0 saturated carbocycles. The molecule has 164 valence electrons. The highest BCUT2D eigenvalue weighted by molar-refractivity contribution is 5.97. The summed E-state index contributed by atoms with van der Waals surface area (Å²) in [6, 6.07) is 15.6. The predicted molar refractivity (Wildman–Crippen MR) is 128 cm³/mol. The molecule has 2 aromatic heterocycles. The molecule has 0 atom stereocenters. The molecule has 5 aromatic rings. The maximum Gasteiger partial charge on any atom is 0.137 e. The average molecular weight is 439 g/mol. The Kier molecular flexibility index (Phi) is 4.37. The number of aromatic nitrogens is 4. The van der Waals surface area contributed by atoms with Crippen LogP contribution in [0.4, 0.5) is 4.39 Å². The number of aryl methyl sites for hydroxylation is 1. The van der Waals surface area contributed by atoms with Crippen LogP contribution in [0.15, 0.2) is 54.7 Å². The Morgan fingerprint density at radius 1 is 0.970 bits per heavy atom. The first-order valence-electron chi connectivity index (χ1n) is 11.1. The number of hydrogen-bond acceptors (Lipinski definition) is 3. The highest BCUT2D eigenvalue weighted by Gasteiger charge is 2.24. The summed E-state index contributed by atoms with van der Waals surface area (Å²) < 4.78 is 21.0. The maximum absolute atomic E-state index is 14.9. The van der Waals surface area contributed by atoms with Crippen molar-refractivity contribution in [1.82, 2.24) is 19.9 Å². The molecule has 2 N–H and O–H groups in total. The van der Waals surface area contributed by atoms with Crippen LogP contribution in [0.2, 0.25) is 0 Å². The molecule has 1 aliphatic rings. The predicted octanol–water partition coefficient (Wildman–Crippen LogP) is 6.75. The molecule has 0 radical (unpaired) electrons. The summed E-state index contributed by atoms with van der Waals surface area (Å²) >= 11 is 0. The average Bonchev–Trinajstić information content (AvgIpc) is 3.45. The van der Waals surface area contributed by atoms with Crippen LogP contribution in [0.25, 0.3) is 44.4 Å². The summed E-state index contributed by atoms with van der Waals surface area (Å²) in [5.41, 5.74) is 5.96. The van der Waals surface area contributed by atoms with Gasteiger partial charge in [0.1, 0.15) is 29.8 Å². The van der Waals surface area contributed by atoms with Gasteiger partial charge in [-0.15, -0.1) is 0 Å². The molecular formula is C27H23FN4O. The van der Waals surface area contributed by atoms with Gasteiger partial charge in [0, 0.05) is 22.4 Å². The monoisotopic (exact) mass is 438 g/mol. The summed E-state index contributed by atoms with van der Waals surface area (Å²) in [7, 11) is 0. The van der Waals surface area contributed by atoms with E-state index in [2.05, 4.69) is 53.1 Å². The number of nitrogens with zero attached hydrogens (tertiary/aromatic N) is 2. The summed E-state index contributed by atoms with van der Waals surface area (Å²) in [6.07, 6.45) is 1.65. The minimum Gasteiger partial charge on any atom is -0.486 e. The molecule has 3 heterocycles. The lowest BCUT2D eigenvalue weighted by Crippen LogP contribution is -2.05. The quantitative estimate of drug-likeness (QED) is 0.327. The van der Waals surface area contributed by atoms with E-state index in [0.29, 0.717) is 23.8 Å². The number of nitrogens with one attached hydrogen (secondary N) is 2. The third-order valence-electron chi connectivity index (χ3n) is 6.23. The molecule has 0 unspecified atom stereocenters. The lowest BCUT2D eigenvalue weighted by molar-refractivity contribution is 0.301. The fraction of sp³-hybridized carbons (Fsp3) is 0.185. The molecule has 6 rings (SSSR count). The SMILES string of the molecule is Cc1ncc(-c2ccc(-c3ccc4c5c(ccc4c3)-c3nc(C(C)C)[nH]c3CO5)cc2F)[nH]1. The van der Waals surface area contributed by atoms with Crippen LogP contribution in [0.3, 0.4) is 0 Å². The molecule has 5 nitrogen and oxygen atoms in total. The number of benzene rings is 3. The molecule has 0 aliphatic carbocycles. The maximum atomic E-state index is 14.9. The van der Waals surface area contributed by atoms with Crippen LogP contribution >= 0.6 is 0 Å². The van der Waals surface area contributed by atoms with Crippen molar-refractivity contribution in [2.45, 2.75) is 33.3 Å². The summed E-state index contributed by atoms with van der Waals surface area (Å²) in [5.74, 6) is 2.63. The molecule has 3 aromatic carbocycles. The number of fused-ring (bicyclic) bond motifs is 5. The van der Waals surface area contributed by atoms with E-state index in [9.17, 15) is 4.39 Å². The molecule has 6 heteroatoms. The zero-order valence-corrected chi connectivity index (χ0v) is 18.7. The second-order valence-electron chi connectivity index (χ2n) is 8.85. The van der Waals surface area contributed by atoms with Gasteiger partial charge in [0.05, 0.1) is 23.3 Å². The first-order chi connectivity index (χ1) is 16.0. The minimum absolute atomic E-state index is 0.281. The summed E-state index contributed by atoms with van der Waals surface area (Å²) in [5, 5.41) is 2.07. The van der Waals surface area contributed by atoms with Crippen LogP contribution in [0, 0.1) is 12.7 Å². The number of imidazole rings is 2. The first-order valence-corrected chi connectivity index (χ1v) is 11.1. The van der Waals surface area contributed by atoms with E-state index in [-0.39, 0.29) is 5.82 Å². The van der Waals surface area contributed by atoms with Gasteiger partial charge in [-0.25, -0.2) is 14.4 Å². The van der Waals surface area contributed by atoms with Gasteiger partial charge in [-0.05, 0) is 47.7 Å². The topological polar surface area (TPSA) is 66.6 Å². The van der Waals surface area contributed by atoms with E-state index < -0.39 is 0 Å². The van der Waals surface area contributed by atoms with E-state index in [1.165, 1.54) is 0 Å². The molecule has 0 saturated heterocycles. The van der Waals surface area contributed by atoms with Crippen LogP contribution in [-0.4, -0.2) is 19.9 Å². The fourth-order valence-electron chi connectivity index (χ4n) is 4.47. The Balaban J connectivity index is 1.40. The Morgan fingerprint density at radius 2 is 1.76 bits per heavy atom. The fourth-order valence-corrected chi connectivity index (χ4v) is 4.47. The molecule has 0 spiro atoms.